The van der Waals surface area contributed by atoms with Gasteiger partial charge in [0.2, 0.25) is 0 Å². The van der Waals surface area contributed by atoms with Crippen molar-refractivity contribution in [3.05, 3.63) is 40.3 Å². The SMILES string of the molecule is CCc1c(-c2ccc(F)cc2F)sc(C(=O)O)c1N. The Bertz CT molecular complexity index is 652. The molecule has 2 rings (SSSR count). The highest BCUT2D eigenvalue weighted by Gasteiger charge is 2.22. The van der Waals surface area contributed by atoms with E-state index in [0.717, 1.165) is 23.5 Å². The van der Waals surface area contributed by atoms with Gasteiger partial charge in [-0.05, 0) is 24.1 Å². The van der Waals surface area contributed by atoms with Crippen molar-refractivity contribution in [1.29, 1.82) is 0 Å². The maximum atomic E-state index is 13.8. The Balaban J connectivity index is 2.68. The molecular formula is C13H11F2NO2S. The Morgan fingerprint density at radius 3 is 2.63 bits per heavy atom. The van der Waals surface area contributed by atoms with Gasteiger partial charge in [-0.25, -0.2) is 13.6 Å². The first-order valence-corrected chi connectivity index (χ1v) is 6.37. The Morgan fingerprint density at radius 1 is 1.42 bits per heavy atom. The highest BCUT2D eigenvalue weighted by atomic mass is 32.1. The molecule has 3 N–H and O–H groups in total. The molecule has 0 amide bonds. The van der Waals surface area contributed by atoms with E-state index in [1.807, 2.05) is 0 Å². The van der Waals surface area contributed by atoms with Crippen molar-refractivity contribution in [2.45, 2.75) is 13.3 Å². The molecule has 0 atom stereocenters. The molecule has 0 radical (unpaired) electrons. The molecule has 0 bridgehead atoms. The Morgan fingerprint density at radius 2 is 2.11 bits per heavy atom. The Labute approximate surface area is 112 Å². The van der Waals surface area contributed by atoms with Crippen LogP contribution in [-0.2, 0) is 6.42 Å². The first-order valence-electron chi connectivity index (χ1n) is 5.55. The Kier molecular flexibility index (Phi) is 3.53. The van der Waals surface area contributed by atoms with Crippen molar-refractivity contribution in [1.82, 2.24) is 0 Å². The van der Waals surface area contributed by atoms with Gasteiger partial charge in [0.25, 0.3) is 0 Å². The van der Waals surface area contributed by atoms with Gasteiger partial charge < -0.3 is 10.8 Å². The molecule has 6 heteroatoms. The van der Waals surface area contributed by atoms with Gasteiger partial charge in [0.1, 0.15) is 16.5 Å². The monoisotopic (exact) mass is 283 g/mol. The fourth-order valence-corrected chi connectivity index (χ4v) is 3.06. The second kappa shape index (κ2) is 4.97. The third-order valence-corrected chi connectivity index (χ3v) is 4.04. The summed E-state index contributed by atoms with van der Waals surface area (Å²) in [5.41, 5.74) is 6.66. The molecule has 0 unspecified atom stereocenters. The molecule has 1 aromatic heterocycles. The maximum absolute atomic E-state index is 13.8. The zero-order chi connectivity index (χ0) is 14.2. The van der Waals surface area contributed by atoms with Crippen molar-refractivity contribution in [3.8, 4) is 10.4 Å². The first kappa shape index (κ1) is 13.5. The van der Waals surface area contributed by atoms with Crippen LogP contribution in [0.5, 0.6) is 0 Å². The number of carboxylic acid groups (broad SMARTS) is 1. The molecule has 0 saturated heterocycles. The quantitative estimate of drug-likeness (QED) is 0.905. The summed E-state index contributed by atoms with van der Waals surface area (Å²) in [6.45, 7) is 1.80. The van der Waals surface area contributed by atoms with E-state index in [1.54, 1.807) is 6.92 Å². The van der Waals surface area contributed by atoms with Crippen LogP contribution in [0.4, 0.5) is 14.5 Å². The molecule has 0 spiro atoms. The molecule has 1 heterocycles. The predicted molar refractivity (Wildman–Crippen MR) is 70.4 cm³/mol. The molecule has 0 saturated carbocycles. The van der Waals surface area contributed by atoms with Gasteiger partial charge >= 0.3 is 5.97 Å². The number of halogens is 2. The highest BCUT2D eigenvalue weighted by molar-refractivity contribution is 7.18. The minimum atomic E-state index is -1.15. The van der Waals surface area contributed by atoms with Crippen LogP contribution in [0.15, 0.2) is 18.2 Å². The molecule has 0 aliphatic rings. The second-order valence-corrected chi connectivity index (χ2v) is 4.96. The third kappa shape index (κ3) is 2.31. The zero-order valence-corrected chi connectivity index (χ0v) is 10.9. The largest absolute Gasteiger partial charge is 0.477 e. The molecule has 2 aromatic rings. The summed E-state index contributed by atoms with van der Waals surface area (Å²) in [5, 5.41) is 9.04. The van der Waals surface area contributed by atoms with Crippen LogP contribution in [-0.4, -0.2) is 11.1 Å². The standard InChI is InChI=1S/C13H11F2NO2S/c1-2-7-10(16)12(13(17)18)19-11(7)8-4-3-6(14)5-9(8)15/h3-5H,2,16H2,1H3,(H,17,18). The highest BCUT2D eigenvalue weighted by Crippen LogP contribution is 2.40. The fourth-order valence-electron chi connectivity index (χ4n) is 1.88. The summed E-state index contributed by atoms with van der Waals surface area (Å²) >= 11 is 0.905. The minimum absolute atomic E-state index is 0.0180. The van der Waals surface area contributed by atoms with Crippen LogP contribution < -0.4 is 5.73 Å². The number of nitrogen functional groups attached to an aromatic ring is 1. The second-order valence-electron chi connectivity index (χ2n) is 3.94. The van der Waals surface area contributed by atoms with E-state index in [1.165, 1.54) is 6.07 Å². The van der Waals surface area contributed by atoms with E-state index in [-0.39, 0.29) is 16.1 Å². The smallest absolute Gasteiger partial charge is 0.348 e. The van der Waals surface area contributed by atoms with Crippen molar-refractivity contribution >= 4 is 23.0 Å². The fraction of sp³-hybridized carbons (Fsp3) is 0.154. The van der Waals surface area contributed by atoms with Crippen LogP contribution in [0.2, 0.25) is 0 Å². The summed E-state index contributed by atoms with van der Waals surface area (Å²) in [6.07, 6.45) is 0.474. The number of carboxylic acids is 1. The van der Waals surface area contributed by atoms with Gasteiger partial charge in [0.15, 0.2) is 0 Å². The summed E-state index contributed by atoms with van der Waals surface area (Å²) < 4.78 is 26.7. The van der Waals surface area contributed by atoms with E-state index in [4.69, 9.17) is 10.8 Å². The van der Waals surface area contributed by atoms with Crippen LogP contribution in [0, 0.1) is 11.6 Å². The number of benzene rings is 1. The van der Waals surface area contributed by atoms with E-state index >= 15 is 0 Å². The van der Waals surface area contributed by atoms with Gasteiger partial charge in [-0.1, -0.05) is 6.92 Å². The van der Waals surface area contributed by atoms with E-state index in [0.29, 0.717) is 16.9 Å². The topological polar surface area (TPSA) is 63.3 Å². The Hall–Kier alpha value is -1.95. The van der Waals surface area contributed by atoms with Crippen LogP contribution in [0.25, 0.3) is 10.4 Å². The van der Waals surface area contributed by atoms with Crippen LogP contribution in [0.3, 0.4) is 0 Å². The lowest BCUT2D eigenvalue weighted by molar-refractivity contribution is 0.0703. The molecular weight excluding hydrogens is 272 g/mol. The van der Waals surface area contributed by atoms with Gasteiger partial charge in [-0.3, -0.25) is 0 Å². The zero-order valence-electron chi connectivity index (χ0n) is 10.0. The van der Waals surface area contributed by atoms with Crippen molar-refractivity contribution in [2.75, 3.05) is 5.73 Å². The van der Waals surface area contributed by atoms with Gasteiger partial charge in [0.05, 0.1) is 5.69 Å². The lowest BCUT2D eigenvalue weighted by Crippen LogP contribution is -1.99. The summed E-state index contributed by atoms with van der Waals surface area (Å²) in [7, 11) is 0. The lowest BCUT2D eigenvalue weighted by atomic mass is 10.1. The molecule has 0 fully saturated rings. The number of aromatic carboxylic acids is 1. The number of hydrogen-bond donors (Lipinski definition) is 2. The summed E-state index contributed by atoms with van der Waals surface area (Å²) in [5.74, 6) is -2.55. The lowest BCUT2D eigenvalue weighted by Gasteiger charge is -2.04. The molecule has 100 valence electrons. The van der Waals surface area contributed by atoms with E-state index < -0.39 is 17.6 Å². The molecule has 3 nitrogen and oxygen atoms in total. The third-order valence-electron chi connectivity index (χ3n) is 2.77. The molecule has 0 aliphatic heterocycles. The van der Waals surface area contributed by atoms with Crippen LogP contribution >= 0.6 is 11.3 Å². The average Bonchev–Trinajstić information content (AvgIpc) is 2.66. The number of carbonyl (C=O) groups is 1. The molecule has 0 aliphatic carbocycles. The van der Waals surface area contributed by atoms with E-state index in [2.05, 4.69) is 0 Å². The average molecular weight is 283 g/mol. The van der Waals surface area contributed by atoms with Gasteiger partial charge in [-0.15, -0.1) is 11.3 Å². The number of nitrogens with two attached hydrogens (primary N) is 1. The van der Waals surface area contributed by atoms with E-state index in [9.17, 15) is 13.6 Å². The first-order chi connectivity index (χ1) is 8.95. The van der Waals surface area contributed by atoms with Crippen molar-refractivity contribution in [3.63, 3.8) is 0 Å². The van der Waals surface area contributed by atoms with Crippen LogP contribution in [0.1, 0.15) is 22.2 Å². The number of hydrogen-bond acceptors (Lipinski definition) is 3. The normalized spacial score (nSPS) is 10.7. The number of anilines is 1. The number of thiophene rings is 1. The van der Waals surface area contributed by atoms with Gasteiger partial charge in [0, 0.05) is 16.5 Å². The number of rotatable bonds is 3. The summed E-state index contributed by atoms with van der Waals surface area (Å²) in [4.78, 5) is 11.5. The predicted octanol–water partition coefficient (Wildman–Crippen LogP) is 3.54. The van der Waals surface area contributed by atoms with Crippen molar-refractivity contribution < 1.29 is 18.7 Å². The van der Waals surface area contributed by atoms with Crippen molar-refractivity contribution in [2.24, 2.45) is 0 Å². The molecule has 1 aromatic carbocycles. The maximum Gasteiger partial charge on any atom is 0.348 e. The minimum Gasteiger partial charge on any atom is -0.477 e. The molecule has 19 heavy (non-hydrogen) atoms. The van der Waals surface area contributed by atoms with Gasteiger partial charge in [-0.2, -0.15) is 0 Å². The summed E-state index contributed by atoms with van der Waals surface area (Å²) in [6, 6.07) is 3.19.